The molecule has 1 aromatic rings. The minimum Gasteiger partial charge on any atom is -0.496 e. The second-order valence-corrected chi connectivity index (χ2v) is 7.27. The van der Waals surface area contributed by atoms with Gasteiger partial charge in [0.2, 0.25) is 0 Å². The van der Waals surface area contributed by atoms with E-state index in [-0.39, 0.29) is 0 Å². The van der Waals surface area contributed by atoms with Crippen LogP contribution in [-0.4, -0.2) is 35.7 Å². The van der Waals surface area contributed by atoms with E-state index in [1.165, 1.54) is 28.4 Å². The summed E-state index contributed by atoms with van der Waals surface area (Å²) >= 11 is 4.05. The van der Waals surface area contributed by atoms with Crippen molar-refractivity contribution in [3.63, 3.8) is 0 Å². The van der Waals surface area contributed by atoms with Crippen LogP contribution in [0.5, 0.6) is 5.75 Å². The lowest BCUT2D eigenvalue weighted by Gasteiger charge is -2.29. The van der Waals surface area contributed by atoms with Crippen LogP contribution in [-0.2, 0) is 6.42 Å². The number of benzene rings is 1. The fourth-order valence-corrected chi connectivity index (χ4v) is 5.21. The van der Waals surface area contributed by atoms with Crippen molar-refractivity contribution in [1.29, 1.82) is 0 Å². The number of rotatable bonds is 5. The van der Waals surface area contributed by atoms with E-state index in [0.29, 0.717) is 11.3 Å². The second-order valence-electron chi connectivity index (χ2n) is 4.78. The Bertz CT molecular complexity index is 408. The number of methoxy groups -OCH3 is 1. The fraction of sp³-hybridized carbons (Fsp3) is 0.571. The molecule has 0 spiro atoms. The van der Waals surface area contributed by atoms with E-state index in [2.05, 4.69) is 24.5 Å². The standard InChI is InChI=1S/C14H22N2OS2/c1-10-3-4-13(17-2)11(7-10)8-12(16-15)14-9-18-5-6-19-14/h3-4,7,12,14,16H,5-6,8-9,15H2,1-2H3. The second kappa shape index (κ2) is 7.43. The van der Waals surface area contributed by atoms with Gasteiger partial charge in [-0.1, -0.05) is 17.7 Å². The Morgan fingerprint density at radius 2 is 2.32 bits per heavy atom. The lowest BCUT2D eigenvalue weighted by atomic mass is 10.0. The Kier molecular flexibility index (Phi) is 5.88. The van der Waals surface area contributed by atoms with Crippen molar-refractivity contribution in [2.45, 2.75) is 24.6 Å². The van der Waals surface area contributed by atoms with Crippen molar-refractivity contribution in [3.05, 3.63) is 29.3 Å². The van der Waals surface area contributed by atoms with Gasteiger partial charge in [-0.25, -0.2) is 0 Å². The zero-order valence-corrected chi connectivity index (χ0v) is 13.2. The van der Waals surface area contributed by atoms with Gasteiger partial charge in [-0.05, 0) is 25.0 Å². The molecule has 2 rings (SSSR count). The maximum Gasteiger partial charge on any atom is 0.122 e. The van der Waals surface area contributed by atoms with Crippen LogP contribution in [0.4, 0.5) is 0 Å². The molecule has 0 saturated carbocycles. The molecule has 0 amide bonds. The highest BCUT2D eigenvalue weighted by Gasteiger charge is 2.24. The molecule has 0 bridgehead atoms. The quantitative estimate of drug-likeness (QED) is 0.645. The topological polar surface area (TPSA) is 47.3 Å². The molecule has 1 heterocycles. The van der Waals surface area contributed by atoms with Gasteiger partial charge in [-0.15, -0.1) is 0 Å². The molecule has 1 fully saturated rings. The SMILES string of the molecule is COc1ccc(C)cc1CC(NN)C1CSCCS1. The Morgan fingerprint density at radius 1 is 1.47 bits per heavy atom. The highest BCUT2D eigenvalue weighted by molar-refractivity contribution is 8.06. The van der Waals surface area contributed by atoms with Gasteiger partial charge in [0.1, 0.15) is 5.75 Å². The Labute approximate surface area is 124 Å². The van der Waals surface area contributed by atoms with Gasteiger partial charge in [0.15, 0.2) is 0 Å². The third-order valence-corrected chi connectivity index (χ3v) is 6.30. The zero-order valence-electron chi connectivity index (χ0n) is 11.5. The molecule has 0 aromatic heterocycles. The van der Waals surface area contributed by atoms with Gasteiger partial charge >= 0.3 is 0 Å². The smallest absolute Gasteiger partial charge is 0.122 e. The average molecular weight is 298 g/mol. The van der Waals surface area contributed by atoms with Crippen molar-refractivity contribution < 1.29 is 4.74 Å². The first-order chi connectivity index (χ1) is 9.24. The molecule has 5 heteroatoms. The highest BCUT2D eigenvalue weighted by Crippen LogP contribution is 2.29. The van der Waals surface area contributed by atoms with Crippen molar-refractivity contribution in [2.75, 3.05) is 24.4 Å². The summed E-state index contributed by atoms with van der Waals surface area (Å²) in [6, 6.07) is 6.62. The van der Waals surface area contributed by atoms with E-state index in [1.807, 2.05) is 29.6 Å². The molecule has 2 unspecified atom stereocenters. The Hall–Kier alpha value is -0.360. The summed E-state index contributed by atoms with van der Waals surface area (Å²) in [5.41, 5.74) is 5.50. The number of aryl methyl sites for hydroxylation is 1. The largest absolute Gasteiger partial charge is 0.496 e. The van der Waals surface area contributed by atoms with Gasteiger partial charge in [-0.2, -0.15) is 23.5 Å². The van der Waals surface area contributed by atoms with Crippen LogP contribution in [0.25, 0.3) is 0 Å². The van der Waals surface area contributed by atoms with Crippen LogP contribution in [0.1, 0.15) is 11.1 Å². The van der Waals surface area contributed by atoms with Crippen molar-refractivity contribution >= 4 is 23.5 Å². The summed E-state index contributed by atoms with van der Waals surface area (Å²) in [7, 11) is 1.73. The maximum atomic E-state index is 5.77. The maximum absolute atomic E-state index is 5.77. The minimum atomic E-state index is 0.300. The van der Waals surface area contributed by atoms with E-state index < -0.39 is 0 Å². The number of nitrogens with one attached hydrogen (secondary N) is 1. The van der Waals surface area contributed by atoms with E-state index in [4.69, 9.17) is 10.6 Å². The molecule has 3 N–H and O–H groups in total. The van der Waals surface area contributed by atoms with Crippen LogP contribution >= 0.6 is 23.5 Å². The van der Waals surface area contributed by atoms with Crippen molar-refractivity contribution in [1.82, 2.24) is 5.43 Å². The first-order valence-electron chi connectivity index (χ1n) is 6.53. The number of hydrogen-bond donors (Lipinski definition) is 2. The predicted molar refractivity (Wildman–Crippen MR) is 86.1 cm³/mol. The summed E-state index contributed by atoms with van der Waals surface area (Å²) in [6.07, 6.45) is 0.916. The molecule has 2 atom stereocenters. The molecule has 0 aliphatic carbocycles. The average Bonchev–Trinajstić information content (AvgIpc) is 2.46. The highest BCUT2D eigenvalue weighted by atomic mass is 32.2. The Morgan fingerprint density at radius 3 is 2.95 bits per heavy atom. The lowest BCUT2D eigenvalue weighted by molar-refractivity contribution is 0.404. The van der Waals surface area contributed by atoms with Gasteiger partial charge in [0.05, 0.1) is 7.11 Å². The zero-order chi connectivity index (χ0) is 13.7. The summed E-state index contributed by atoms with van der Waals surface area (Å²) < 4.78 is 5.45. The molecule has 1 saturated heterocycles. The molecular weight excluding hydrogens is 276 g/mol. The normalized spacial score (nSPS) is 21.1. The van der Waals surface area contributed by atoms with E-state index >= 15 is 0 Å². The number of hydrazine groups is 1. The fourth-order valence-electron chi connectivity index (χ4n) is 2.34. The van der Waals surface area contributed by atoms with Gasteiger partial charge in [-0.3, -0.25) is 11.3 Å². The molecule has 0 radical (unpaired) electrons. The number of ether oxygens (including phenoxy) is 1. The van der Waals surface area contributed by atoms with E-state index in [1.54, 1.807) is 7.11 Å². The van der Waals surface area contributed by atoms with Gasteiger partial charge in [0.25, 0.3) is 0 Å². The first kappa shape index (κ1) is 15.0. The van der Waals surface area contributed by atoms with Crippen LogP contribution in [0.3, 0.4) is 0 Å². The van der Waals surface area contributed by atoms with Crippen LogP contribution in [0, 0.1) is 6.92 Å². The monoisotopic (exact) mass is 298 g/mol. The van der Waals surface area contributed by atoms with E-state index in [0.717, 1.165) is 12.2 Å². The molecule has 1 aliphatic rings. The van der Waals surface area contributed by atoms with Crippen LogP contribution in [0.15, 0.2) is 18.2 Å². The summed E-state index contributed by atoms with van der Waals surface area (Å²) in [5.74, 6) is 10.4. The van der Waals surface area contributed by atoms with E-state index in [9.17, 15) is 0 Å². The molecule has 19 heavy (non-hydrogen) atoms. The van der Waals surface area contributed by atoms with Crippen molar-refractivity contribution in [2.24, 2.45) is 5.84 Å². The van der Waals surface area contributed by atoms with Crippen molar-refractivity contribution in [3.8, 4) is 5.75 Å². The van der Waals surface area contributed by atoms with Gasteiger partial charge in [0, 0.05) is 28.6 Å². The third-order valence-electron chi connectivity index (χ3n) is 3.38. The molecule has 106 valence electrons. The predicted octanol–water partition coefficient (Wildman–Crippen LogP) is 2.23. The first-order valence-corrected chi connectivity index (χ1v) is 8.74. The van der Waals surface area contributed by atoms with Crippen LogP contribution in [0.2, 0.25) is 0 Å². The molecular formula is C14H22N2OS2. The number of thioether (sulfide) groups is 2. The Balaban J connectivity index is 2.10. The lowest BCUT2D eigenvalue weighted by Crippen LogP contribution is -2.46. The summed E-state index contributed by atoms with van der Waals surface area (Å²) in [6.45, 7) is 2.11. The number of nitrogens with two attached hydrogens (primary N) is 1. The molecule has 3 nitrogen and oxygen atoms in total. The summed E-state index contributed by atoms with van der Waals surface area (Å²) in [4.78, 5) is 0. The molecule has 1 aromatic carbocycles. The van der Waals surface area contributed by atoms with Crippen LogP contribution < -0.4 is 16.0 Å². The van der Waals surface area contributed by atoms with Gasteiger partial charge < -0.3 is 4.74 Å². The third kappa shape index (κ3) is 4.05. The minimum absolute atomic E-state index is 0.300. The molecule has 1 aliphatic heterocycles. The summed E-state index contributed by atoms with van der Waals surface area (Å²) in [5, 5.41) is 0.578. The number of hydrogen-bond acceptors (Lipinski definition) is 5.